The van der Waals surface area contributed by atoms with Crippen molar-refractivity contribution >= 4 is 34.6 Å². The van der Waals surface area contributed by atoms with Gasteiger partial charge in [0.2, 0.25) is 5.91 Å². The normalized spacial score (nSPS) is 15.4. The van der Waals surface area contributed by atoms with Crippen molar-refractivity contribution in [2.45, 2.75) is 31.9 Å². The van der Waals surface area contributed by atoms with E-state index in [9.17, 15) is 14.9 Å². The Labute approximate surface area is 161 Å². The lowest BCUT2D eigenvalue weighted by Crippen LogP contribution is -2.26. The lowest BCUT2D eigenvalue weighted by molar-refractivity contribution is -0.384. The van der Waals surface area contributed by atoms with Crippen LogP contribution in [0.1, 0.15) is 30.6 Å². The minimum atomic E-state index is -0.421. The molecular formula is C19H20ClN3O4. The van der Waals surface area contributed by atoms with E-state index >= 15 is 0 Å². The van der Waals surface area contributed by atoms with Crippen LogP contribution in [0.25, 0.3) is 0 Å². The summed E-state index contributed by atoms with van der Waals surface area (Å²) in [6, 6.07) is 10.1. The van der Waals surface area contributed by atoms with Gasteiger partial charge in [-0.15, -0.1) is 0 Å². The number of halogens is 1. The van der Waals surface area contributed by atoms with Gasteiger partial charge in [-0.1, -0.05) is 23.7 Å². The van der Waals surface area contributed by atoms with Gasteiger partial charge in [0.25, 0.3) is 5.69 Å². The summed E-state index contributed by atoms with van der Waals surface area (Å²) in [5, 5.41) is 18.1. The molecule has 2 atom stereocenters. The van der Waals surface area contributed by atoms with Gasteiger partial charge in [-0.25, -0.2) is 0 Å². The van der Waals surface area contributed by atoms with Gasteiger partial charge in [0.1, 0.15) is 11.8 Å². The van der Waals surface area contributed by atoms with E-state index in [1.54, 1.807) is 25.3 Å². The predicted octanol–water partition coefficient (Wildman–Crippen LogP) is 4.32. The maximum absolute atomic E-state index is 11.6. The third-order valence-electron chi connectivity index (χ3n) is 4.60. The van der Waals surface area contributed by atoms with Crippen LogP contribution in [-0.2, 0) is 16.0 Å². The van der Waals surface area contributed by atoms with E-state index in [1.807, 2.05) is 19.1 Å². The first-order chi connectivity index (χ1) is 12.9. The van der Waals surface area contributed by atoms with Gasteiger partial charge >= 0.3 is 0 Å². The summed E-state index contributed by atoms with van der Waals surface area (Å²) in [4.78, 5) is 22.8. The molecule has 0 fully saturated rings. The number of hydrogen-bond acceptors (Lipinski definition) is 5. The van der Waals surface area contributed by atoms with Crippen LogP contribution in [0.5, 0.6) is 0 Å². The van der Waals surface area contributed by atoms with E-state index in [0.717, 1.165) is 11.1 Å². The lowest BCUT2D eigenvalue weighted by Gasteiger charge is -2.26. The number of amides is 1. The molecule has 7 nitrogen and oxygen atoms in total. The molecule has 0 saturated heterocycles. The van der Waals surface area contributed by atoms with Crippen LogP contribution in [0.4, 0.5) is 17.1 Å². The number of anilines is 2. The molecule has 27 heavy (non-hydrogen) atoms. The van der Waals surface area contributed by atoms with E-state index < -0.39 is 4.92 Å². The van der Waals surface area contributed by atoms with Crippen molar-refractivity contribution in [2.24, 2.45) is 0 Å². The van der Waals surface area contributed by atoms with Crippen molar-refractivity contribution in [1.82, 2.24) is 0 Å². The van der Waals surface area contributed by atoms with Crippen molar-refractivity contribution in [1.29, 1.82) is 0 Å². The van der Waals surface area contributed by atoms with E-state index in [1.165, 1.54) is 6.07 Å². The number of rotatable bonds is 6. The minimum Gasteiger partial charge on any atom is -0.375 e. The van der Waals surface area contributed by atoms with E-state index in [-0.39, 0.29) is 23.7 Å². The van der Waals surface area contributed by atoms with Crippen LogP contribution in [0.2, 0.25) is 5.02 Å². The Hall–Kier alpha value is -2.64. The summed E-state index contributed by atoms with van der Waals surface area (Å²) >= 11 is 5.94. The first-order valence-corrected chi connectivity index (χ1v) is 8.92. The van der Waals surface area contributed by atoms with Gasteiger partial charge in [0.15, 0.2) is 0 Å². The summed E-state index contributed by atoms with van der Waals surface area (Å²) < 4.78 is 5.60. The zero-order valence-corrected chi connectivity index (χ0v) is 15.7. The number of aryl methyl sites for hydroxylation is 1. The molecule has 0 saturated carbocycles. The maximum Gasteiger partial charge on any atom is 0.292 e. The van der Waals surface area contributed by atoms with E-state index in [2.05, 4.69) is 10.6 Å². The summed E-state index contributed by atoms with van der Waals surface area (Å²) in [7, 11) is 1.58. The van der Waals surface area contributed by atoms with Crippen LogP contribution >= 0.6 is 11.6 Å². The molecule has 0 spiro atoms. The second-order valence-corrected chi connectivity index (χ2v) is 6.91. The van der Waals surface area contributed by atoms with Crippen molar-refractivity contribution in [3.05, 3.63) is 62.7 Å². The summed E-state index contributed by atoms with van der Waals surface area (Å²) in [5.74, 6) is -0.0914. The molecule has 142 valence electrons. The molecule has 1 amide bonds. The standard InChI is InChI=1S/C19H20ClN3O4/c1-11(19(27-2)12-3-6-14(20)7-4-12)21-16-10-15-13(5-8-18(24)22-15)9-17(16)23(25)26/h3-4,6-7,9-11,19,21H,5,8H2,1-2H3,(H,22,24). The molecule has 2 unspecified atom stereocenters. The highest BCUT2D eigenvalue weighted by atomic mass is 35.5. The number of ether oxygens (including phenoxy) is 1. The number of nitrogens with one attached hydrogen (secondary N) is 2. The number of nitrogens with zero attached hydrogens (tertiary/aromatic N) is 1. The number of carbonyl (C=O) groups excluding carboxylic acids is 1. The number of carbonyl (C=O) groups is 1. The first-order valence-electron chi connectivity index (χ1n) is 8.55. The Balaban J connectivity index is 1.90. The Morgan fingerprint density at radius 2 is 1.96 bits per heavy atom. The molecule has 3 rings (SSSR count). The molecule has 2 aromatic carbocycles. The Bertz CT molecular complexity index is 870. The fourth-order valence-corrected chi connectivity index (χ4v) is 3.41. The Morgan fingerprint density at radius 1 is 1.26 bits per heavy atom. The largest absolute Gasteiger partial charge is 0.375 e. The molecule has 1 heterocycles. The van der Waals surface area contributed by atoms with E-state index in [0.29, 0.717) is 29.2 Å². The number of hydrogen-bond donors (Lipinski definition) is 2. The van der Waals surface area contributed by atoms with Gasteiger partial charge in [0.05, 0.1) is 11.0 Å². The molecule has 8 heteroatoms. The van der Waals surface area contributed by atoms with Crippen LogP contribution in [-0.4, -0.2) is 24.0 Å². The van der Waals surface area contributed by atoms with Crippen LogP contribution < -0.4 is 10.6 Å². The highest BCUT2D eigenvalue weighted by molar-refractivity contribution is 6.30. The van der Waals surface area contributed by atoms with Crippen molar-refractivity contribution in [3.8, 4) is 0 Å². The zero-order valence-electron chi connectivity index (χ0n) is 15.0. The molecule has 0 aliphatic carbocycles. The zero-order chi connectivity index (χ0) is 19.6. The SMILES string of the molecule is COC(c1ccc(Cl)cc1)C(C)Nc1cc2c(cc1[N+](=O)[O-])CCC(=O)N2. The highest BCUT2D eigenvalue weighted by Crippen LogP contribution is 2.36. The van der Waals surface area contributed by atoms with Crippen molar-refractivity contribution in [2.75, 3.05) is 17.7 Å². The van der Waals surface area contributed by atoms with Gasteiger partial charge < -0.3 is 15.4 Å². The molecule has 0 aromatic heterocycles. The predicted molar refractivity (Wildman–Crippen MR) is 104 cm³/mol. The average molecular weight is 390 g/mol. The highest BCUT2D eigenvalue weighted by Gasteiger charge is 2.26. The molecule has 0 radical (unpaired) electrons. The number of methoxy groups -OCH3 is 1. The maximum atomic E-state index is 11.6. The third-order valence-corrected chi connectivity index (χ3v) is 4.86. The summed E-state index contributed by atoms with van der Waals surface area (Å²) in [5.41, 5.74) is 2.58. The van der Waals surface area contributed by atoms with Gasteiger partial charge in [-0.3, -0.25) is 14.9 Å². The fourth-order valence-electron chi connectivity index (χ4n) is 3.28. The second-order valence-electron chi connectivity index (χ2n) is 6.47. The Morgan fingerprint density at radius 3 is 2.59 bits per heavy atom. The molecule has 0 bridgehead atoms. The van der Waals surface area contributed by atoms with Gasteiger partial charge in [-0.2, -0.15) is 0 Å². The number of benzene rings is 2. The minimum absolute atomic E-state index is 0.0253. The second kappa shape index (κ2) is 7.94. The molecular weight excluding hydrogens is 370 g/mol. The fraction of sp³-hybridized carbons (Fsp3) is 0.316. The van der Waals surface area contributed by atoms with Gasteiger partial charge in [0, 0.05) is 30.3 Å². The lowest BCUT2D eigenvalue weighted by atomic mass is 10.00. The van der Waals surface area contributed by atoms with Crippen LogP contribution in [0.15, 0.2) is 36.4 Å². The molecule has 2 aromatic rings. The quantitative estimate of drug-likeness (QED) is 0.566. The molecule has 2 N–H and O–H groups in total. The smallest absolute Gasteiger partial charge is 0.292 e. The summed E-state index contributed by atoms with van der Waals surface area (Å²) in [6.07, 6.45) is 0.478. The van der Waals surface area contributed by atoms with E-state index in [4.69, 9.17) is 16.3 Å². The van der Waals surface area contributed by atoms with Gasteiger partial charge in [-0.05, 0) is 42.7 Å². The molecule has 1 aliphatic heterocycles. The third kappa shape index (κ3) is 4.20. The monoisotopic (exact) mass is 389 g/mol. The molecule has 1 aliphatic rings. The number of fused-ring (bicyclic) bond motifs is 1. The average Bonchev–Trinajstić information content (AvgIpc) is 2.63. The van der Waals surface area contributed by atoms with Crippen molar-refractivity contribution in [3.63, 3.8) is 0 Å². The van der Waals surface area contributed by atoms with Crippen molar-refractivity contribution < 1.29 is 14.5 Å². The number of nitro groups is 1. The Kier molecular flexibility index (Phi) is 5.62. The summed E-state index contributed by atoms with van der Waals surface area (Å²) in [6.45, 7) is 1.88. The van der Waals surface area contributed by atoms with Crippen LogP contribution in [0.3, 0.4) is 0 Å². The van der Waals surface area contributed by atoms with Crippen LogP contribution in [0, 0.1) is 10.1 Å². The first kappa shape index (κ1) is 19.1. The number of nitro benzene ring substituents is 1. The topological polar surface area (TPSA) is 93.5 Å².